The molecule has 4 rings (SSSR count). The highest BCUT2D eigenvalue weighted by Crippen LogP contribution is 2.46. The molecule has 3 aromatic rings. The van der Waals surface area contributed by atoms with Crippen LogP contribution in [0, 0.1) is 0 Å². The molecular formula is C20H17NO5S2. The highest BCUT2D eigenvalue weighted by molar-refractivity contribution is 7.91. The molecule has 8 heteroatoms. The monoisotopic (exact) mass is 415 g/mol. The number of aromatic hydroxyl groups is 1. The molecular weight excluding hydrogens is 398 g/mol. The van der Waals surface area contributed by atoms with Crippen LogP contribution in [0.1, 0.15) is 22.8 Å². The lowest BCUT2D eigenvalue weighted by atomic mass is 9.90. The summed E-state index contributed by atoms with van der Waals surface area (Å²) in [6.45, 7) is 0. The van der Waals surface area contributed by atoms with Crippen LogP contribution in [-0.4, -0.2) is 26.5 Å². The summed E-state index contributed by atoms with van der Waals surface area (Å²) in [5.74, 6) is 0.0994. The predicted octanol–water partition coefficient (Wildman–Crippen LogP) is 3.77. The Hall–Kier alpha value is -2.84. The zero-order valence-corrected chi connectivity index (χ0v) is 16.5. The lowest BCUT2D eigenvalue weighted by Gasteiger charge is -2.23. The van der Waals surface area contributed by atoms with Crippen molar-refractivity contribution in [3.05, 3.63) is 64.4 Å². The molecule has 0 spiro atoms. The van der Waals surface area contributed by atoms with Gasteiger partial charge in [-0.2, -0.15) is 0 Å². The fourth-order valence-corrected chi connectivity index (χ4v) is 6.20. The smallest absolute Gasteiger partial charge is 0.225 e. The summed E-state index contributed by atoms with van der Waals surface area (Å²) in [6.07, 6.45) is 0.193. The maximum absolute atomic E-state index is 13.1. The standard InChI is InChI=1S/C20H17NO5S2/c1-26-14-5-7-15(8-6-14)28(24,25)17-11-27-20-16(10-18(23)21-19(17)20)12-3-2-4-13(22)9-12/h2-9,11,16,22H,10H2,1H3,(H,21,23)/t16-/m0/s1. The predicted molar refractivity (Wildman–Crippen MR) is 106 cm³/mol. The van der Waals surface area contributed by atoms with Crippen molar-refractivity contribution in [3.63, 3.8) is 0 Å². The summed E-state index contributed by atoms with van der Waals surface area (Å²) in [6, 6.07) is 12.8. The molecule has 0 radical (unpaired) electrons. The largest absolute Gasteiger partial charge is 0.508 e. The summed E-state index contributed by atoms with van der Waals surface area (Å²) in [5.41, 5.74) is 1.09. The Bertz CT molecular complexity index is 1150. The van der Waals surface area contributed by atoms with Crippen molar-refractivity contribution in [1.29, 1.82) is 0 Å². The lowest BCUT2D eigenvalue weighted by molar-refractivity contribution is -0.116. The van der Waals surface area contributed by atoms with Crippen LogP contribution in [0.15, 0.2) is 63.7 Å². The minimum atomic E-state index is -3.81. The van der Waals surface area contributed by atoms with E-state index in [1.165, 1.54) is 30.6 Å². The Balaban J connectivity index is 1.80. The zero-order chi connectivity index (χ0) is 19.9. The lowest BCUT2D eigenvalue weighted by Crippen LogP contribution is -2.23. The third-order valence-corrected chi connectivity index (χ3v) is 7.73. The molecule has 0 bridgehead atoms. The minimum Gasteiger partial charge on any atom is -0.508 e. The number of ether oxygens (including phenoxy) is 1. The van der Waals surface area contributed by atoms with Crippen LogP contribution in [0.2, 0.25) is 0 Å². The fourth-order valence-electron chi connectivity index (χ4n) is 3.29. The highest BCUT2D eigenvalue weighted by Gasteiger charge is 2.34. The molecule has 144 valence electrons. The van der Waals surface area contributed by atoms with E-state index in [-0.39, 0.29) is 33.8 Å². The number of sulfone groups is 1. The van der Waals surface area contributed by atoms with Crippen molar-refractivity contribution in [2.45, 2.75) is 22.1 Å². The Morgan fingerprint density at radius 3 is 2.61 bits per heavy atom. The molecule has 0 saturated heterocycles. The average Bonchev–Trinajstić information content (AvgIpc) is 3.12. The summed E-state index contributed by atoms with van der Waals surface area (Å²) < 4.78 is 31.4. The van der Waals surface area contributed by atoms with E-state index in [0.717, 1.165) is 10.4 Å². The van der Waals surface area contributed by atoms with Gasteiger partial charge >= 0.3 is 0 Å². The first-order valence-corrected chi connectivity index (χ1v) is 10.9. The van der Waals surface area contributed by atoms with Gasteiger partial charge in [0.05, 0.1) is 17.7 Å². The summed E-state index contributed by atoms with van der Waals surface area (Å²) in [7, 11) is -2.30. The second kappa shape index (κ2) is 6.96. The number of phenolic OH excluding ortho intramolecular Hbond substituents is 1. The van der Waals surface area contributed by atoms with E-state index in [1.807, 2.05) is 6.07 Å². The van der Waals surface area contributed by atoms with E-state index < -0.39 is 9.84 Å². The molecule has 2 heterocycles. The van der Waals surface area contributed by atoms with Crippen molar-refractivity contribution >= 4 is 32.8 Å². The Labute approximate surface area is 166 Å². The van der Waals surface area contributed by atoms with Crippen LogP contribution in [0.25, 0.3) is 0 Å². The van der Waals surface area contributed by atoms with E-state index in [9.17, 15) is 18.3 Å². The van der Waals surface area contributed by atoms with E-state index in [2.05, 4.69) is 5.32 Å². The van der Waals surface area contributed by atoms with Crippen LogP contribution >= 0.6 is 11.3 Å². The van der Waals surface area contributed by atoms with Crippen LogP contribution in [0.3, 0.4) is 0 Å². The number of phenols is 1. The second-order valence-corrected chi connectivity index (χ2v) is 9.25. The molecule has 1 aliphatic heterocycles. The van der Waals surface area contributed by atoms with Crippen LogP contribution in [0.5, 0.6) is 11.5 Å². The van der Waals surface area contributed by atoms with Crippen LogP contribution in [-0.2, 0) is 14.6 Å². The van der Waals surface area contributed by atoms with Gasteiger partial charge < -0.3 is 15.2 Å². The van der Waals surface area contributed by atoms with Gasteiger partial charge in [-0.3, -0.25) is 4.79 Å². The number of fused-ring (bicyclic) bond motifs is 1. The molecule has 0 aliphatic carbocycles. The third-order valence-electron chi connectivity index (χ3n) is 4.69. The van der Waals surface area contributed by atoms with E-state index in [4.69, 9.17) is 4.74 Å². The average molecular weight is 415 g/mol. The summed E-state index contributed by atoms with van der Waals surface area (Å²) in [4.78, 5) is 13.3. The number of rotatable bonds is 4. The number of methoxy groups -OCH3 is 1. The molecule has 2 aromatic carbocycles. The van der Waals surface area contributed by atoms with Crippen LogP contribution in [0.4, 0.5) is 5.69 Å². The molecule has 1 aromatic heterocycles. The summed E-state index contributed by atoms with van der Waals surface area (Å²) in [5, 5.41) is 14.1. The maximum atomic E-state index is 13.1. The van der Waals surface area contributed by atoms with Gasteiger partial charge in [0.25, 0.3) is 0 Å². The van der Waals surface area contributed by atoms with Crippen molar-refractivity contribution in [2.24, 2.45) is 0 Å². The van der Waals surface area contributed by atoms with Gasteiger partial charge in [0, 0.05) is 22.6 Å². The van der Waals surface area contributed by atoms with Crippen molar-refractivity contribution in [2.75, 3.05) is 12.4 Å². The number of nitrogens with one attached hydrogen (secondary N) is 1. The Kier molecular flexibility index (Phi) is 4.60. The quantitative estimate of drug-likeness (QED) is 0.677. The second-order valence-electron chi connectivity index (χ2n) is 6.42. The molecule has 0 unspecified atom stereocenters. The minimum absolute atomic E-state index is 0.0795. The number of benzene rings is 2. The number of carbonyl (C=O) groups is 1. The molecule has 2 N–H and O–H groups in total. The molecule has 0 saturated carbocycles. The molecule has 6 nitrogen and oxygen atoms in total. The van der Waals surface area contributed by atoms with Gasteiger partial charge in [-0.1, -0.05) is 12.1 Å². The number of carbonyl (C=O) groups excluding carboxylic acids is 1. The first kappa shape index (κ1) is 18.5. The van der Waals surface area contributed by atoms with Gasteiger partial charge in [0.1, 0.15) is 16.4 Å². The Morgan fingerprint density at radius 1 is 1.18 bits per heavy atom. The van der Waals surface area contributed by atoms with Crippen LogP contribution < -0.4 is 10.1 Å². The molecule has 0 fully saturated rings. The number of hydrogen-bond donors (Lipinski definition) is 2. The fraction of sp³-hybridized carbons (Fsp3) is 0.150. The van der Waals surface area contributed by atoms with Crippen molar-refractivity contribution < 1.29 is 23.1 Å². The van der Waals surface area contributed by atoms with Crippen molar-refractivity contribution in [1.82, 2.24) is 0 Å². The van der Waals surface area contributed by atoms with Gasteiger partial charge in [0.2, 0.25) is 15.7 Å². The zero-order valence-electron chi connectivity index (χ0n) is 14.9. The van der Waals surface area contributed by atoms with E-state index in [1.54, 1.807) is 35.7 Å². The van der Waals surface area contributed by atoms with Crippen molar-refractivity contribution in [3.8, 4) is 11.5 Å². The van der Waals surface area contributed by atoms with Gasteiger partial charge in [-0.15, -0.1) is 11.3 Å². The number of anilines is 1. The number of thiophene rings is 1. The van der Waals surface area contributed by atoms with Gasteiger partial charge in [-0.25, -0.2) is 8.42 Å². The Morgan fingerprint density at radius 2 is 1.93 bits per heavy atom. The number of amides is 1. The highest BCUT2D eigenvalue weighted by atomic mass is 32.2. The normalized spacial score (nSPS) is 16.3. The first-order chi connectivity index (χ1) is 13.4. The maximum Gasteiger partial charge on any atom is 0.225 e. The molecule has 28 heavy (non-hydrogen) atoms. The first-order valence-electron chi connectivity index (χ1n) is 8.49. The molecule has 1 amide bonds. The van der Waals surface area contributed by atoms with Gasteiger partial charge in [-0.05, 0) is 42.0 Å². The van der Waals surface area contributed by atoms with E-state index >= 15 is 0 Å². The molecule has 1 atom stereocenters. The topological polar surface area (TPSA) is 92.7 Å². The SMILES string of the molecule is COc1ccc(S(=O)(=O)c2csc3c2NC(=O)C[C@H]3c2cccc(O)c2)cc1. The van der Waals surface area contributed by atoms with Gasteiger partial charge in [0.15, 0.2) is 0 Å². The van der Waals surface area contributed by atoms with E-state index in [0.29, 0.717) is 11.4 Å². The molecule has 1 aliphatic rings. The summed E-state index contributed by atoms with van der Waals surface area (Å²) >= 11 is 1.29. The third kappa shape index (κ3) is 3.14. The number of hydrogen-bond acceptors (Lipinski definition) is 6.